The summed E-state index contributed by atoms with van der Waals surface area (Å²) in [6.07, 6.45) is 1.53. The number of carbonyl (C=O) groups excluding carboxylic acids is 1. The Balaban J connectivity index is 3.16. The van der Waals surface area contributed by atoms with Crippen molar-refractivity contribution in [3.05, 3.63) is 30.4 Å². The van der Waals surface area contributed by atoms with Gasteiger partial charge in [-0.3, -0.25) is 4.79 Å². The lowest BCUT2D eigenvalue weighted by Crippen LogP contribution is -2.31. The minimum Gasteiger partial charge on any atom is -0.480 e. The quantitative estimate of drug-likeness (QED) is 0.318. The predicted molar refractivity (Wildman–Crippen MR) is 107 cm³/mol. The molecular formula is C16H16I2N2O4. The first-order valence-electron chi connectivity index (χ1n) is 7.08. The van der Waals surface area contributed by atoms with E-state index in [2.05, 4.69) is 0 Å². The van der Waals surface area contributed by atoms with Gasteiger partial charge in [0, 0.05) is 13.1 Å². The van der Waals surface area contributed by atoms with Crippen molar-refractivity contribution >= 4 is 63.1 Å². The van der Waals surface area contributed by atoms with Gasteiger partial charge in [0.25, 0.3) is 5.91 Å². The molecule has 1 N–H and O–H groups in total. The number of nitrogens with zero attached hydrogens (tertiary/aromatic N) is 2. The third-order valence-corrected chi connectivity index (χ3v) is 4.68. The number of halogens is 2. The summed E-state index contributed by atoms with van der Waals surface area (Å²) in [4.78, 5) is 24.5. The zero-order valence-corrected chi connectivity index (χ0v) is 17.5. The molecule has 128 valence electrons. The van der Waals surface area contributed by atoms with Crippen LogP contribution < -0.4 is 4.74 Å². The lowest BCUT2D eigenvalue weighted by Gasteiger charge is -2.17. The Morgan fingerprint density at radius 2 is 1.83 bits per heavy atom. The van der Waals surface area contributed by atoms with Crippen molar-refractivity contribution in [2.75, 3.05) is 19.7 Å². The van der Waals surface area contributed by atoms with Crippen LogP contribution >= 0.6 is 45.2 Å². The largest absolute Gasteiger partial charge is 0.480 e. The Kier molecular flexibility index (Phi) is 8.47. The molecule has 0 aliphatic heterocycles. The van der Waals surface area contributed by atoms with E-state index in [-0.39, 0.29) is 11.5 Å². The first-order chi connectivity index (χ1) is 11.3. The number of hydrogen-bond acceptors (Lipinski definition) is 4. The van der Waals surface area contributed by atoms with Crippen molar-refractivity contribution in [1.29, 1.82) is 5.26 Å². The Bertz CT molecular complexity index is 684. The first kappa shape index (κ1) is 20.7. The number of carbonyl (C=O) groups is 2. The van der Waals surface area contributed by atoms with Gasteiger partial charge in [-0.25, -0.2) is 4.79 Å². The van der Waals surface area contributed by atoms with Gasteiger partial charge >= 0.3 is 5.97 Å². The van der Waals surface area contributed by atoms with E-state index in [0.717, 1.165) is 0 Å². The minimum absolute atomic E-state index is 0.0597. The molecule has 1 rings (SSSR count). The highest BCUT2D eigenvalue weighted by Gasteiger charge is 2.16. The molecule has 0 atom stereocenters. The molecule has 0 saturated heterocycles. The third-order valence-electron chi connectivity index (χ3n) is 3.07. The number of benzene rings is 1. The summed E-state index contributed by atoms with van der Waals surface area (Å²) in [6.45, 7) is 4.36. The number of rotatable bonds is 7. The van der Waals surface area contributed by atoms with Gasteiger partial charge < -0.3 is 14.7 Å². The molecule has 0 spiro atoms. The van der Waals surface area contributed by atoms with Gasteiger partial charge in [0.2, 0.25) is 0 Å². The van der Waals surface area contributed by atoms with Crippen LogP contribution in [-0.2, 0) is 9.59 Å². The molecule has 0 saturated carbocycles. The number of hydrogen-bond donors (Lipinski definition) is 1. The van der Waals surface area contributed by atoms with Crippen molar-refractivity contribution in [3.63, 3.8) is 0 Å². The number of aliphatic carboxylic acids is 1. The molecule has 1 amide bonds. The first-order valence-corrected chi connectivity index (χ1v) is 9.24. The van der Waals surface area contributed by atoms with E-state index in [4.69, 9.17) is 9.84 Å². The summed E-state index contributed by atoms with van der Waals surface area (Å²) >= 11 is 4.06. The molecule has 0 heterocycles. The second kappa shape index (κ2) is 9.83. The van der Waals surface area contributed by atoms with Gasteiger partial charge in [-0.05, 0) is 82.8 Å². The zero-order valence-electron chi connectivity index (χ0n) is 13.2. The van der Waals surface area contributed by atoms with Crippen molar-refractivity contribution in [1.82, 2.24) is 4.90 Å². The normalized spacial score (nSPS) is 10.9. The van der Waals surface area contributed by atoms with Crippen LogP contribution in [0.5, 0.6) is 5.75 Å². The van der Waals surface area contributed by atoms with Gasteiger partial charge in [-0.2, -0.15) is 5.26 Å². The fraction of sp³-hybridized carbons (Fsp3) is 0.312. The van der Waals surface area contributed by atoms with Gasteiger partial charge in [-0.15, -0.1) is 0 Å². The highest BCUT2D eigenvalue weighted by molar-refractivity contribution is 14.1. The fourth-order valence-corrected chi connectivity index (χ4v) is 4.05. The van der Waals surface area contributed by atoms with Crippen LogP contribution in [0.1, 0.15) is 19.4 Å². The van der Waals surface area contributed by atoms with Crippen LogP contribution in [0.3, 0.4) is 0 Å². The molecule has 0 aliphatic carbocycles. The monoisotopic (exact) mass is 554 g/mol. The molecule has 6 nitrogen and oxygen atoms in total. The average molecular weight is 554 g/mol. The molecule has 8 heteroatoms. The summed E-state index contributed by atoms with van der Waals surface area (Å²) in [5, 5.41) is 18.0. The smallest absolute Gasteiger partial charge is 0.341 e. The summed E-state index contributed by atoms with van der Waals surface area (Å²) < 4.78 is 6.68. The molecule has 0 bridgehead atoms. The van der Waals surface area contributed by atoms with E-state index in [1.54, 1.807) is 17.0 Å². The highest BCUT2D eigenvalue weighted by atomic mass is 127. The fourth-order valence-electron chi connectivity index (χ4n) is 1.92. The molecule has 0 fully saturated rings. The molecular weight excluding hydrogens is 538 g/mol. The maximum Gasteiger partial charge on any atom is 0.341 e. The minimum atomic E-state index is -1.05. The van der Waals surface area contributed by atoms with E-state index in [1.165, 1.54) is 6.08 Å². The van der Waals surface area contributed by atoms with Gasteiger partial charge in [0.1, 0.15) is 17.4 Å². The predicted octanol–water partition coefficient (Wildman–Crippen LogP) is 3.13. The highest BCUT2D eigenvalue weighted by Crippen LogP contribution is 2.30. The number of carboxylic acid groups (broad SMARTS) is 1. The Labute approximate surface area is 167 Å². The number of carboxylic acids is 1. The van der Waals surface area contributed by atoms with E-state index < -0.39 is 12.6 Å². The maximum absolute atomic E-state index is 12.3. The van der Waals surface area contributed by atoms with Crippen molar-refractivity contribution < 1.29 is 19.4 Å². The lowest BCUT2D eigenvalue weighted by molar-refractivity contribution is -0.139. The van der Waals surface area contributed by atoms with Gasteiger partial charge in [-0.1, -0.05) is 0 Å². The van der Waals surface area contributed by atoms with E-state index in [0.29, 0.717) is 31.5 Å². The lowest BCUT2D eigenvalue weighted by atomic mass is 10.1. The van der Waals surface area contributed by atoms with Gasteiger partial charge in [0.05, 0.1) is 7.14 Å². The molecule has 1 aromatic carbocycles. The molecule has 0 aromatic heterocycles. The molecule has 0 unspecified atom stereocenters. The van der Waals surface area contributed by atoms with Crippen LogP contribution in [0.2, 0.25) is 0 Å². The van der Waals surface area contributed by atoms with Crippen LogP contribution in [0, 0.1) is 18.5 Å². The van der Waals surface area contributed by atoms with E-state index >= 15 is 0 Å². The third kappa shape index (κ3) is 5.62. The number of likely N-dealkylation sites (N-methyl/N-ethyl adjacent to an activating group) is 1. The Hall–Kier alpha value is -1.35. The van der Waals surface area contributed by atoms with E-state index in [9.17, 15) is 14.9 Å². The van der Waals surface area contributed by atoms with Crippen molar-refractivity contribution in [3.8, 4) is 11.8 Å². The summed E-state index contributed by atoms with van der Waals surface area (Å²) in [5.74, 6) is -0.884. The maximum atomic E-state index is 12.3. The Morgan fingerprint density at radius 1 is 1.29 bits per heavy atom. The van der Waals surface area contributed by atoms with Crippen LogP contribution in [-0.4, -0.2) is 41.6 Å². The van der Waals surface area contributed by atoms with Crippen molar-refractivity contribution in [2.24, 2.45) is 0 Å². The Morgan fingerprint density at radius 3 is 2.25 bits per heavy atom. The number of amides is 1. The average Bonchev–Trinajstić information content (AvgIpc) is 2.52. The molecule has 1 aromatic rings. The second-order valence-electron chi connectivity index (χ2n) is 4.64. The van der Waals surface area contributed by atoms with E-state index in [1.807, 2.05) is 65.1 Å². The van der Waals surface area contributed by atoms with Gasteiger partial charge in [0.15, 0.2) is 6.61 Å². The molecule has 0 aliphatic rings. The van der Waals surface area contributed by atoms with Crippen molar-refractivity contribution in [2.45, 2.75) is 13.8 Å². The van der Waals surface area contributed by atoms with Crippen LogP contribution in [0.15, 0.2) is 17.7 Å². The molecule has 0 radical (unpaired) electrons. The second-order valence-corrected chi connectivity index (χ2v) is 6.97. The summed E-state index contributed by atoms with van der Waals surface area (Å²) in [6, 6.07) is 5.43. The summed E-state index contributed by atoms with van der Waals surface area (Å²) in [5.41, 5.74) is 0.744. The zero-order chi connectivity index (χ0) is 18.3. The topological polar surface area (TPSA) is 90.6 Å². The molecule has 24 heavy (non-hydrogen) atoms. The SMILES string of the molecule is CCN(CC)C(=O)/C(C#N)=C\c1cc(I)c(OCC(=O)O)c(I)c1. The standard InChI is InChI=1S/C16H16I2N2O4/c1-3-20(4-2)16(23)11(8-19)5-10-6-12(17)15(13(18)7-10)24-9-14(21)22/h5-7H,3-4,9H2,1-2H3,(H,21,22)/b11-5-. The van der Waals surface area contributed by atoms with Crippen LogP contribution in [0.4, 0.5) is 0 Å². The number of ether oxygens (including phenoxy) is 1. The number of nitriles is 1. The van der Waals surface area contributed by atoms with Crippen LogP contribution in [0.25, 0.3) is 6.08 Å². The summed E-state index contributed by atoms with van der Waals surface area (Å²) in [7, 11) is 0.